The molecule has 0 fully saturated rings. The van der Waals surface area contributed by atoms with E-state index < -0.39 is 0 Å². The number of phenols is 1. The van der Waals surface area contributed by atoms with Gasteiger partial charge >= 0.3 is 0 Å². The van der Waals surface area contributed by atoms with E-state index in [9.17, 15) is 0 Å². The first-order valence-corrected chi connectivity index (χ1v) is 6.71. The van der Waals surface area contributed by atoms with Gasteiger partial charge in [-0.3, -0.25) is 0 Å². The number of ether oxygens (including phenoxy) is 1. The Morgan fingerprint density at radius 1 is 0.905 bits per heavy atom. The molecule has 0 aliphatic carbocycles. The molecule has 113 valence electrons. The SMILES string of the molecule is C=COc1cc[c-]cc1.CC.CC.Oc1cc[c-]cc1.[Y]. The van der Waals surface area contributed by atoms with Gasteiger partial charge in [-0.15, -0.1) is 24.3 Å². The smallest absolute Gasteiger partial charge is 0.0806 e. The molecule has 0 saturated carbocycles. The molecule has 0 saturated heterocycles. The molecule has 0 bridgehead atoms. The number of phenolic OH excluding ortho intramolecular Hbond substituents is 1. The summed E-state index contributed by atoms with van der Waals surface area (Å²) in [5.41, 5.74) is 0. The van der Waals surface area contributed by atoms with Crippen LogP contribution in [-0.2, 0) is 32.7 Å². The summed E-state index contributed by atoms with van der Waals surface area (Å²) in [7, 11) is 0. The summed E-state index contributed by atoms with van der Waals surface area (Å²) in [5.74, 6) is 1.09. The average Bonchev–Trinajstić information content (AvgIpc) is 2.54. The minimum atomic E-state index is 0. The molecular formula is C18H24O2Y-2. The molecule has 2 nitrogen and oxygen atoms in total. The van der Waals surface area contributed by atoms with Crippen molar-refractivity contribution in [2.75, 3.05) is 0 Å². The van der Waals surface area contributed by atoms with Crippen LogP contribution < -0.4 is 4.74 Å². The minimum Gasteiger partial charge on any atom is -0.533 e. The first kappa shape index (κ1) is 24.9. The fraction of sp³-hybridized carbons (Fsp3) is 0.222. The third kappa shape index (κ3) is 16.8. The van der Waals surface area contributed by atoms with Crippen molar-refractivity contribution in [2.45, 2.75) is 27.7 Å². The van der Waals surface area contributed by atoms with Crippen LogP contribution in [0.25, 0.3) is 0 Å². The van der Waals surface area contributed by atoms with Gasteiger partial charge in [-0.2, -0.15) is 36.4 Å². The molecule has 0 atom stereocenters. The van der Waals surface area contributed by atoms with Crippen molar-refractivity contribution in [1.29, 1.82) is 0 Å². The van der Waals surface area contributed by atoms with Crippen molar-refractivity contribution in [3.63, 3.8) is 0 Å². The number of aromatic hydroxyl groups is 1. The summed E-state index contributed by atoms with van der Waals surface area (Å²) in [5, 5.41) is 8.61. The maximum Gasteiger partial charge on any atom is 0.0806 e. The molecule has 1 N–H and O–H groups in total. The van der Waals surface area contributed by atoms with Crippen LogP contribution in [0.3, 0.4) is 0 Å². The van der Waals surface area contributed by atoms with Crippen molar-refractivity contribution in [3.8, 4) is 11.5 Å². The van der Waals surface area contributed by atoms with Gasteiger partial charge in [0.25, 0.3) is 0 Å². The molecule has 0 aromatic heterocycles. The van der Waals surface area contributed by atoms with Crippen LogP contribution in [0.4, 0.5) is 0 Å². The first-order valence-electron chi connectivity index (χ1n) is 6.71. The number of hydrogen-bond acceptors (Lipinski definition) is 2. The molecular weight excluding hydrogens is 337 g/mol. The van der Waals surface area contributed by atoms with Crippen molar-refractivity contribution < 1.29 is 42.6 Å². The quantitative estimate of drug-likeness (QED) is 0.585. The molecule has 0 aliphatic rings. The van der Waals surface area contributed by atoms with Gasteiger partial charge in [0.2, 0.25) is 0 Å². The van der Waals surface area contributed by atoms with Gasteiger partial charge < -0.3 is 9.84 Å². The number of rotatable bonds is 2. The maximum absolute atomic E-state index is 8.61. The molecule has 2 rings (SSSR count). The summed E-state index contributed by atoms with van der Waals surface area (Å²) in [6, 6.07) is 19.4. The Bertz CT molecular complexity index is 402. The zero-order valence-electron chi connectivity index (χ0n) is 13.3. The van der Waals surface area contributed by atoms with E-state index in [1.807, 2.05) is 39.8 Å². The Hall–Kier alpha value is -1.12. The molecule has 0 amide bonds. The molecule has 0 aliphatic heterocycles. The largest absolute Gasteiger partial charge is 0.533 e. The van der Waals surface area contributed by atoms with Crippen LogP contribution in [-0.4, -0.2) is 5.11 Å². The van der Waals surface area contributed by atoms with E-state index in [1.54, 1.807) is 36.4 Å². The van der Waals surface area contributed by atoms with Crippen molar-refractivity contribution in [2.24, 2.45) is 0 Å². The van der Waals surface area contributed by atoms with Gasteiger partial charge in [0.05, 0.1) is 6.26 Å². The molecule has 2 aromatic rings. The van der Waals surface area contributed by atoms with E-state index in [0.717, 1.165) is 5.75 Å². The Labute approximate surface area is 154 Å². The van der Waals surface area contributed by atoms with E-state index in [4.69, 9.17) is 9.84 Å². The fourth-order valence-corrected chi connectivity index (χ4v) is 0.924. The minimum absolute atomic E-state index is 0. The van der Waals surface area contributed by atoms with Crippen LogP contribution in [0, 0.1) is 12.1 Å². The van der Waals surface area contributed by atoms with Gasteiger partial charge in [0.1, 0.15) is 0 Å². The zero-order chi connectivity index (χ0) is 15.6. The van der Waals surface area contributed by atoms with Crippen LogP contribution >= 0.6 is 0 Å². The maximum atomic E-state index is 8.61. The second-order valence-electron chi connectivity index (χ2n) is 2.78. The monoisotopic (exact) mass is 361 g/mol. The van der Waals surface area contributed by atoms with E-state index in [1.165, 1.54) is 6.26 Å². The Morgan fingerprint density at radius 2 is 1.29 bits per heavy atom. The van der Waals surface area contributed by atoms with Crippen molar-refractivity contribution >= 4 is 0 Å². The van der Waals surface area contributed by atoms with Crippen molar-refractivity contribution in [3.05, 3.63) is 73.5 Å². The molecule has 2 aromatic carbocycles. The zero-order valence-corrected chi connectivity index (χ0v) is 16.2. The van der Waals surface area contributed by atoms with Gasteiger partial charge in [-0.25, -0.2) is 0 Å². The number of hydrogen-bond donors (Lipinski definition) is 1. The summed E-state index contributed by atoms with van der Waals surface area (Å²) in [6.45, 7) is 11.4. The van der Waals surface area contributed by atoms with Crippen molar-refractivity contribution in [1.82, 2.24) is 0 Å². The first-order chi connectivity index (χ1) is 9.83. The van der Waals surface area contributed by atoms with Gasteiger partial charge in [-0.1, -0.05) is 34.3 Å². The Kier molecular flexibility index (Phi) is 25.1. The van der Waals surface area contributed by atoms with E-state index >= 15 is 0 Å². The second-order valence-corrected chi connectivity index (χ2v) is 2.78. The van der Waals surface area contributed by atoms with Gasteiger partial charge in [-0.05, 0) is 0 Å². The van der Waals surface area contributed by atoms with E-state index in [-0.39, 0.29) is 32.7 Å². The summed E-state index contributed by atoms with van der Waals surface area (Å²) in [6.07, 6.45) is 1.40. The third-order valence-corrected chi connectivity index (χ3v) is 1.61. The topological polar surface area (TPSA) is 29.5 Å². The molecule has 1 radical (unpaired) electrons. The average molecular weight is 361 g/mol. The van der Waals surface area contributed by atoms with Crippen LogP contribution in [0.15, 0.2) is 61.4 Å². The van der Waals surface area contributed by atoms with Gasteiger partial charge in [0, 0.05) is 44.2 Å². The van der Waals surface area contributed by atoms with Crippen LogP contribution in [0.5, 0.6) is 11.5 Å². The summed E-state index contributed by atoms with van der Waals surface area (Å²) >= 11 is 0. The van der Waals surface area contributed by atoms with Crippen LogP contribution in [0.1, 0.15) is 27.7 Å². The van der Waals surface area contributed by atoms with Crippen LogP contribution in [0.2, 0.25) is 0 Å². The Morgan fingerprint density at radius 3 is 1.57 bits per heavy atom. The Balaban J connectivity index is -0.000000244. The summed E-state index contributed by atoms with van der Waals surface area (Å²) in [4.78, 5) is 0. The predicted octanol–water partition coefficient (Wildman–Crippen LogP) is 5.25. The van der Waals surface area contributed by atoms with E-state index in [2.05, 4.69) is 18.7 Å². The predicted molar refractivity (Wildman–Crippen MR) is 85.7 cm³/mol. The molecule has 0 unspecified atom stereocenters. The molecule has 0 heterocycles. The molecule has 0 spiro atoms. The second kappa shape index (κ2) is 21.2. The number of benzene rings is 2. The molecule has 3 heteroatoms. The third-order valence-electron chi connectivity index (χ3n) is 1.61. The summed E-state index contributed by atoms with van der Waals surface area (Å²) < 4.78 is 4.95. The standard InChI is InChI=1S/C8H7O.C6H5O.2C2H6.Y/c1-2-9-8-6-4-3-5-7-8;7-6-4-2-1-3-5-6;2*1-2;/h2,4-7H,1H2;2-5,7H;2*1-2H3;/q2*-1;;;. The normalized spacial score (nSPS) is 7.05. The van der Waals surface area contributed by atoms with Gasteiger partial charge in [0.15, 0.2) is 0 Å². The fourth-order valence-electron chi connectivity index (χ4n) is 0.924. The molecule has 21 heavy (non-hydrogen) atoms. The van der Waals surface area contributed by atoms with E-state index in [0.29, 0.717) is 5.75 Å².